The van der Waals surface area contributed by atoms with Gasteiger partial charge < -0.3 is 9.47 Å². The molecule has 0 unspecified atom stereocenters. The van der Waals surface area contributed by atoms with Crippen molar-refractivity contribution in [1.29, 1.82) is 0 Å². The Bertz CT molecular complexity index is 566. The second-order valence-corrected chi connectivity index (χ2v) is 4.97. The summed E-state index contributed by atoms with van der Waals surface area (Å²) in [6, 6.07) is 5.13. The van der Waals surface area contributed by atoms with Crippen molar-refractivity contribution < 1.29 is 14.3 Å². The summed E-state index contributed by atoms with van der Waals surface area (Å²) in [5.41, 5.74) is 1.46. The predicted molar refractivity (Wildman–Crippen MR) is 74.2 cm³/mol. The molecule has 0 aliphatic heterocycles. The number of thiazole rings is 1. The SMILES string of the molecule is CCOc1cc(C=O)ccc1OCc1csc(C)n1. The monoisotopic (exact) mass is 277 g/mol. The summed E-state index contributed by atoms with van der Waals surface area (Å²) in [4.78, 5) is 15.1. The Morgan fingerprint density at radius 3 is 2.79 bits per heavy atom. The molecule has 0 radical (unpaired) electrons. The largest absolute Gasteiger partial charge is 0.490 e. The van der Waals surface area contributed by atoms with Gasteiger partial charge in [-0.05, 0) is 32.0 Å². The second-order valence-electron chi connectivity index (χ2n) is 3.90. The van der Waals surface area contributed by atoms with Crippen LogP contribution < -0.4 is 9.47 Å². The summed E-state index contributed by atoms with van der Waals surface area (Å²) in [5, 5.41) is 2.98. The van der Waals surface area contributed by atoms with E-state index in [1.54, 1.807) is 29.5 Å². The van der Waals surface area contributed by atoms with E-state index in [1.165, 1.54) is 0 Å². The van der Waals surface area contributed by atoms with Crippen LogP contribution in [-0.4, -0.2) is 17.9 Å². The minimum Gasteiger partial charge on any atom is -0.490 e. The average molecular weight is 277 g/mol. The van der Waals surface area contributed by atoms with E-state index in [4.69, 9.17) is 9.47 Å². The number of carbonyl (C=O) groups is 1. The van der Waals surface area contributed by atoms with Gasteiger partial charge in [0.25, 0.3) is 0 Å². The van der Waals surface area contributed by atoms with Gasteiger partial charge in [0.15, 0.2) is 11.5 Å². The van der Waals surface area contributed by atoms with Crippen LogP contribution in [0.15, 0.2) is 23.6 Å². The highest BCUT2D eigenvalue weighted by Crippen LogP contribution is 2.28. The van der Waals surface area contributed by atoms with Gasteiger partial charge in [0.05, 0.1) is 17.3 Å². The smallest absolute Gasteiger partial charge is 0.161 e. The van der Waals surface area contributed by atoms with E-state index in [1.807, 2.05) is 19.2 Å². The van der Waals surface area contributed by atoms with Crippen LogP contribution in [-0.2, 0) is 6.61 Å². The molecule has 0 saturated carbocycles. The first-order valence-electron chi connectivity index (χ1n) is 5.98. The molecule has 0 atom stereocenters. The van der Waals surface area contributed by atoms with Gasteiger partial charge in [0.1, 0.15) is 12.9 Å². The van der Waals surface area contributed by atoms with Crippen LogP contribution in [0.25, 0.3) is 0 Å². The lowest BCUT2D eigenvalue weighted by molar-refractivity contribution is 0.112. The molecular weight excluding hydrogens is 262 g/mol. The molecule has 2 rings (SSSR count). The third-order valence-corrected chi connectivity index (χ3v) is 3.27. The first kappa shape index (κ1) is 13.5. The molecular formula is C14H15NO3S. The number of rotatable bonds is 6. The van der Waals surface area contributed by atoms with E-state index >= 15 is 0 Å². The number of hydrogen-bond acceptors (Lipinski definition) is 5. The number of carbonyl (C=O) groups excluding carboxylic acids is 1. The molecule has 0 saturated heterocycles. The van der Waals surface area contributed by atoms with E-state index in [-0.39, 0.29) is 0 Å². The molecule has 0 N–H and O–H groups in total. The zero-order valence-electron chi connectivity index (χ0n) is 10.9. The molecule has 0 fully saturated rings. The maximum Gasteiger partial charge on any atom is 0.161 e. The summed E-state index contributed by atoms with van der Waals surface area (Å²) in [6.07, 6.45) is 0.788. The molecule has 1 heterocycles. The van der Waals surface area contributed by atoms with Crippen molar-refractivity contribution in [3.05, 3.63) is 39.8 Å². The second kappa shape index (κ2) is 6.33. The van der Waals surface area contributed by atoms with Crippen LogP contribution in [0.1, 0.15) is 28.0 Å². The third kappa shape index (κ3) is 3.54. The van der Waals surface area contributed by atoms with Gasteiger partial charge in [-0.3, -0.25) is 4.79 Å². The summed E-state index contributed by atoms with van der Waals surface area (Å²) < 4.78 is 11.2. The fourth-order valence-electron chi connectivity index (χ4n) is 1.61. The summed E-state index contributed by atoms with van der Waals surface area (Å²) in [5.74, 6) is 1.21. The number of hydrogen-bond donors (Lipinski definition) is 0. The quantitative estimate of drug-likeness (QED) is 0.760. The summed E-state index contributed by atoms with van der Waals surface area (Å²) in [7, 11) is 0. The number of nitrogens with zero attached hydrogens (tertiary/aromatic N) is 1. The zero-order valence-corrected chi connectivity index (χ0v) is 11.7. The lowest BCUT2D eigenvalue weighted by Gasteiger charge is -2.11. The van der Waals surface area contributed by atoms with Crippen molar-refractivity contribution in [1.82, 2.24) is 4.98 Å². The molecule has 0 spiro atoms. The van der Waals surface area contributed by atoms with Crippen molar-refractivity contribution in [2.75, 3.05) is 6.61 Å². The van der Waals surface area contributed by atoms with E-state index in [0.29, 0.717) is 30.3 Å². The molecule has 0 aliphatic carbocycles. The van der Waals surface area contributed by atoms with Gasteiger partial charge in [-0.15, -0.1) is 11.3 Å². The van der Waals surface area contributed by atoms with Crippen LogP contribution in [0.3, 0.4) is 0 Å². The van der Waals surface area contributed by atoms with Crippen LogP contribution >= 0.6 is 11.3 Å². The number of aryl methyl sites for hydroxylation is 1. The highest BCUT2D eigenvalue weighted by molar-refractivity contribution is 7.09. The molecule has 0 aliphatic rings. The number of benzene rings is 1. The van der Waals surface area contributed by atoms with Crippen molar-refractivity contribution in [3.8, 4) is 11.5 Å². The minimum atomic E-state index is 0.394. The van der Waals surface area contributed by atoms with Gasteiger partial charge in [-0.25, -0.2) is 4.98 Å². The van der Waals surface area contributed by atoms with Crippen LogP contribution in [0, 0.1) is 6.92 Å². The maximum atomic E-state index is 10.8. The molecule has 0 bridgehead atoms. The lowest BCUT2D eigenvalue weighted by atomic mass is 10.2. The Morgan fingerprint density at radius 1 is 1.32 bits per heavy atom. The Hall–Kier alpha value is -1.88. The highest BCUT2D eigenvalue weighted by Gasteiger charge is 2.07. The Morgan fingerprint density at radius 2 is 2.16 bits per heavy atom. The average Bonchev–Trinajstić information content (AvgIpc) is 2.83. The molecule has 5 heteroatoms. The predicted octanol–water partition coefficient (Wildman–Crippen LogP) is 3.24. The molecule has 100 valence electrons. The van der Waals surface area contributed by atoms with Gasteiger partial charge in [0, 0.05) is 10.9 Å². The van der Waals surface area contributed by atoms with Gasteiger partial charge >= 0.3 is 0 Å². The molecule has 0 amide bonds. The van der Waals surface area contributed by atoms with Crippen molar-refractivity contribution >= 4 is 17.6 Å². The van der Waals surface area contributed by atoms with E-state index < -0.39 is 0 Å². The van der Waals surface area contributed by atoms with Crippen LogP contribution in [0.4, 0.5) is 0 Å². The Balaban J connectivity index is 2.12. The number of ether oxygens (including phenoxy) is 2. The van der Waals surface area contributed by atoms with Crippen molar-refractivity contribution in [3.63, 3.8) is 0 Å². The molecule has 4 nitrogen and oxygen atoms in total. The minimum absolute atomic E-state index is 0.394. The Kier molecular flexibility index (Phi) is 4.52. The van der Waals surface area contributed by atoms with Crippen molar-refractivity contribution in [2.45, 2.75) is 20.5 Å². The topological polar surface area (TPSA) is 48.4 Å². The molecule has 19 heavy (non-hydrogen) atoms. The van der Waals surface area contributed by atoms with Crippen LogP contribution in [0.5, 0.6) is 11.5 Å². The zero-order chi connectivity index (χ0) is 13.7. The van der Waals surface area contributed by atoms with E-state index in [9.17, 15) is 4.79 Å². The number of aromatic nitrogens is 1. The summed E-state index contributed by atoms with van der Waals surface area (Å²) >= 11 is 1.59. The third-order valence-electron chi connectivity index (χ3n) is 2.45. The lowest BCUT2D eigenvalue weighted by Crippen LogP contribution is -2.00. The number of aldehydes is 1. The van der Waals surface area contributed by atoms with Crippen LogP contribution in [0.2, 0.25) is 0 Å². The highest BCUT2D eigenvalue weighted by atomic mass is 32.1. The Labute approximate surface area is 116 Å². The van der Waals surface area contributed by atoms with E-state index in [2.05, 4.69) is 4.98 Å². The molecule has 1 aromatic heterocycles. The van der Waals surface area contributed by atoms with Crippen molar-refractivity contribution in [2.24, 2.45) is 0 Å². The van der Waals surface area contributed by atoms with Gasteiger partial charge in [0.2, 0.25) is 0 Å². The fourth-order valence-corrected chi connectivity index (χ4v) is 2.21. The first-order valence-corrected chi connectivity index (χ1v) is 6.86. The van der Waals surface area contributed by atoms with Gasteiger partial charge in [-0.1, -0.05) is 0 Å². The normalized spacial score (nSPS) is 10.2. The molecule has 1 aromatic carbocycles. The first-order chi connectivity index (χ1) is 9.22. The van der Waals surface area contributed by atoms with Gasteiger partial charge in [-0.2, -0.15) is 0 Å². The fraction of sp³-hybridized carbons (Fsp3) is 0.286. The van der Waals surface area contributed by atoms with E-state index in [0.717, 1.165) is 17.0 Å². The standard InChI is InChI=1S/C14H15NO3S/c1-3-17-14-6-11(7-16)4-5-13(14)18-8-12-9-19-10(2)15-12/h4-7,9H,3,8H2,1-2H3. The molecule has 2 aromatic rings. The summed E-state index contributed by atoms with van der Waals surface area (Å²) in [6.45, 7) is 4.76. The maximum absolute atomic E-state index is 10.8.